The Kier molecular flexibility index (Phi) is 4.52. The fourth-order valence-electron chi connectivity index (χ4n) is 4.56. The maximum atomic E-state index is 6.70. The van der Waals surface area contributed by atoms with Gasteiger partial charge in [-0.3, -0.25) is 0 Å². The van der Waals surface area contributed by atoms with Crippen LogP contribution in [0.25, 0.3) is 5.70 Å². The molecule has 0 amide bonds. The number of nitrogens with zero attached hydrogens (tertiary/aromatic N) is 2. The minimum absolute atomic E-state index is 0.205. The van der Waals surface area contributed by atoms with Gasteiger partial charge in [-0.2, -0.15) is 0 Å². The Morgan fingerprint density at radius 2 is 1.79 bits per heavy atom. The van der Waals surface area contributed by atoms with E-state index in [1.165, 1.54) is 11.1 Å². The van der Waals surface area contributed by atoms with Crippen molar-refractivity contribution in [2.24, 2.45) is 4.99 Å². The fraction of sp³-hybridized carbons (Fsp3) is 0.192. The normalized spacial score (nSPS) is 18.1. The van der Waals surface area contributed by atoms with Crippen LogP contribution in [0.15, 0.2) is 78.3 Å². The summed E-state index contributed by atoms with van der Waals surface area (Å²) in [7, 11) is 0. The molecule has 1 aliphatic carbocycles. The number of aliphatic imine (C=N–C) groups is 1. The lowest BCUT2D eigenvalue weighted by Crippen LogP contribution is -2.37. The molecule has 0 aromatic heterocycles. The molecule has 3 aromatic carbocycles. The lowest BCUT2D eigenvalue weighted by atomic mass is 9.85. The Balaban J connectivity index is 1.72. The van der Waals surface area contributed by atoms with Crippen LogP contribution >= 0.6 is 11.6 Å². The Hall–Kier alpha value is -2.84. The van der Waals surface area contributed by atoms with Crippen LogP contribution in [-0.2, 0) is 6.42 Å². The maximum absolute atomic E-state index is 6.70. The fourth-order valence-corrected chi connectivity index (χ4v) is 4.88. The van der Waals surface area contributed by atoms with Crippen LogP contribution in [0.5, 0.6) is 0 Å². The summed E-state index contributed by atoms with van der Waals surface area (Å²) >= 11 is 6.70. The van der Waals surface area contributed by atoms with E-state index in [0.29, 0.717) is 0 Å². The monoisotopic (exact) mass is 398 g/mol. The molecule has 0 N–H and O–H groups in total. The molecule has 0 saturated carbocycles. The van der Waals surface area contributed by atoms with E-state index in [1.807, 2.05) is 12.1 Å². The third-order valence-corrected chi connectivity index (χ3v) is 6.29. The van der Waals surface area contributed by atoms with Gasteiger partial charge in [0.15, 0.2) is 0 Å². The van der Waals surface area contributed by atoms with Gasteiger partial charge in [0.05, 0.1) is 16.8 Å². The number of fused-ring (bicyclic) bond motifs is 2. The number of aryl methyl sites for hydroxylation is 2. The summed E-state index contributed by atoms with van der Waals surface area (Å²) < 4.78 is 0. The molecule has 2 nitrogen and oxygen atoms in total. The third-order valence-electron chi connectivity index (χ3n) is 5.98. The van der Waals surface area contributed by atoms with Gasteiger partial charge >= 0.3 is 0 Å². The maximum Gasteiger partial charge on any atom is 0.143 e. The highest BCUT2D eigenvalue weighted by Gasteiger charge is 2.34. The third kappa shape index (κ3) is 3.08. The molecule has 29 heavy (non-hydrogen) atoms. The molecule has 2 aliphatic rings. The Morgan fingerprint density at radius 1 is 1.00 bits per heavy atom. The van der Waals surface area contributed by atoms with E-state index in [2.05, 4.69) is 73.0 Å². The number of halogens is 1. The Labute approximate surface area is 177 Å². The molecule has 1 atom stereocenters. The van der Waals surface area contributed by atoms with Gasteiger partial charge < -0.3 is 4.90 Å². The van der Waals surface area contributed by atoms with Crippen LogP contribution in [0.4, 0.5) is 5.69 Å². The van der Waals surface area contributed by atoms with Gasteiger partial charge in [0, 0.05) is 16.8 Å². The first-order valence-electron chi connectivity index (χ1n) is 10.1. The molecule has 3 heteroatoms. The second-order valence-corrected chi connectivity index (χ2v) is 8.27. The standard InChI is InChI=1S/C26H23ClN2/c1-17-14-15-22(23(27)16-17)26-28-24-12-6-5-10-20(24)18(2)29(26)25-13-7-9-19-8-3-4-11-21(19)25/h3-6,8,10-12,14-16,25H,2,7,9,13H2,1H3. The van der Waals surface area contributed by atoms with Crippen LogP contribution in [0.2, 0.25) is 5.02 Å². The van der Waals surface area contributed by atoms with E-state index in [1.54, 1.807) is 0 Å². The van der Waals surface area contributed by atoms with Crippen molar-refractivity contribution in [1.29, 1.82) is 0 Å². The zero-order chi connectivity index (χ0) is 20.0. The summed E-state index contributed by atoms with van der Waals surface area (Å²) in [6.45, 7) is 6.57. The van der Waals surface area contributed by atoms with E-state index in [4.69, 9.17) is 16.6 Å². The van der Waals surface area contributed by atoms with Crippen LogP contribution in [-0.4, -0.2) is 10.7 Å². The molecule has 5 rings (SSSR count). The van der Waals surface area contributed by atoms with Crippen molar-refractivity contribution in [1.82, 2.24) is 4.90 Å². The van der Waals surface area contributed by atoms with E-state index < -0.39 is 0 Å². The number of hydrogen-bond acceptors (Lipinski definition) is 2. The molecule has 0 radical (unpaired) electrons. The molecule has 1 aliphatic heterocycles. The van der Waals surface area contributed by atoms with Crippen LogP contribution in [0.1, 0.15) is 46.7 Å². The lowest BCUT2D eigenvalue weighted by Gasteiger charge is -2.41. The van der Waals surface area contributed by atoms with Crippen molar-refractivity contribution in [3.05, 3.63) is 106 Å². The molecule has 0 saturated heterocycles. The Morgan fingerprint density at radius 3 is 2.66 bits per heavy atom. The Bertz CT molecular complexity index is 1140. The molecule has 0 bridgehead atoms. The zero-order valence-corrected chi connectivity index (χ0v) is 17.3. The quantitative estimate of drug-likeness (QED) is 0.449. The molecule has 1 unspecified atom stereocenters. The highest BCUT2D eigenvalue weighted by molar-refractivity contribution is 6.34. The summed E-state index contributed by atoms with van der Waals surface area (Å²) in [5.41, 5.74) is 7.91. The van der Waals surface area contributed by atoms with Gasteiger partial charge in [0.25, 0.3) is 0 Å². The molecular weight excluding hydrogens is 376 g/mol. The lowest BCUT2D eigenvalue weighted by molar-refractivity contribution is 0.375. The van der Waals surface area contributed by atoms with Gasteiger partial charge in [-0.25, -0.2) is 4.99 Å². The predicted molar refractivity (Wildman–Crippen MR) is 122 cm³/mol. The molecule has 144 valence electrons. The first-order chi connectivity index (χ1) is 14.1. The summed E-state index contributed by atoms with van der Waals surface area (Å²) in [5, 5.41) is 0.727. The van der Waals surface area contributed by atoms with Crippen LogP contribution < -0.4 is 0 Å². The second-order valence-electron chi connectivity index (χ2n) is 7.86. The second kappa shape index (κ2) is 7.20. The van der Waals surface area contributed by atoms with Crippen molar-refractivity contribution in [3.63, 3.8) is 0 Å². The van der Waals surface area contributed by atoms with Crippen molar-refractivity contribution in [2.45, 2.75) is 32.2 Å². The number of para-hydroxylation sites is 1. The van der Waals surface area contributed by atoms with Crippen molar-refractivity contribution >= 4 is 28.8 Å². The number of benzene rings is 3. The van der Waals surface area contributed by atoms with Gasteiger partial charge in [0.2, 0.25) is 0 Å². The molecule has 1 heterocycles. The van der Waals surface area contributed by atoms with Gasteiger partial charge in [-0.1, -0.05) is 66.7 Å². The highest BCUT2D eigenvalue weighted by atomic mass is 35.5. The van der Waals surface area contributed by atoms with Crippen molar-refractivity contribution in [2.75, 3.05) is 0 Å². The van der Waals surface area contributed by atoms with Crippen LogP contribution in [0.3, 0.4) is 0 Å². The average molecular weight is 399 g/mol. The number of amidine groups is 1. The SMILES string of the molecule is C=C1c2ccccc2N=C(c2ccc(C)cc2Cl)N1C1CCCc2ccccc21. The van der Waals surface area contributed by atoms with Gasteiger partial charge in [-0.15, -0.1) is 0 Å². The largest absolute Gasteiger partial charge is 0.318 e. The number of rotatable bonds is 2. The zero-order valence-electron chi connectivity index (χ0n) is 16.5. The first kappa shape index (κ1) is 18.2. The smallest absolute Gasteiger partial charge is 0.143 e. The van der Waals surface area contributed by atoms with Crippen molar-refractivity contribution < 1.29 is 0 Å². The summed E-state index contributed by atoms with van der Waals surface area (Å²) in [6, 6.07) is 23.4. The van der Waals surface area contributed by atoms with Gasteiger partial charge in [-0.05, 0) is 61.1 Å². The van der Waals surface area contributed by atoms with Gasteiger partial charge in [0.1, 0.15) is 5.84 Å². The van der Waals surface area contributed by atoms with Crippen LogP contribution in [0, 0.1) is 6.92 Å². The summed E-state index contributed by atoms with van der Waals surface area (Å²) in [6.07, 6.45) is 3.35. The summed E-state index contributed by atoms with van der Waals surface area (Å²) in [4.78, 5) is 7.40. The molecule has 3 aromatic rings. The first-order valence-corrected chi connectivity index (χ1v) is 10.5. The molecular formula is C26H23ClN2. The molecule has 0 spiro atoms. The van der Waals surface area contributed by atoms with E-state index in [-0.39, 0.29) is 6.04 Å². The van der Waals surface area contributed by atoms with Crippen molar-refractivity contribution in [3.8, 4) is 0 Å². The minimum Gasteiger partial charge on any atom is -0.318 e. The average Bonchev–Trinajstić information content (AvgIpc) is 2.74. The summed E-state index contributed by atoms with van der Waals surface area (Å²) in [5.74, 6) is 0.889. The predicted octanol–water partition coefficient (Wildman–Crippen LogP) is 7.09. The van der Waals surface area contributed by atoms with E-state index >= 15 is 0 Å². The van der Waals surface area contributed by atoms with E-state index in [0.717, 1.165) is 58.2 Å². The van der Waals surface area contributed by atoms with E-state index in [9.17, 15) is 0 Å². The topological polar surface area (TPSA) is 15.6 Å². The number of hydrogen-bond donors (Lipinski definition) is 0. The highest BCUT2D eigenvalue weighted by Crippen LogP contribution is 2.44. The minimum atomic E-state index is 0.205. The molecule has 0 fully saturated rings.